The molecule has 0 atom stereocenters. The average Bonchev–Trinajstić information content (AvgIpc) is 2.71. The van der Waals surface area contributed by atoms with Gasteiger partial charge < -0.3 is 5.32 Å². The number of amides is 1. The van der Waals surface area contributed by atoms with E-state index < -0.39 is 5.91 Å². The second-order valence-electron chi connectivity index (χ2n) is 6.50. The maximum atomic E-state index is 12.8. The number of nitrogens with one attached hydrogen (secondary N) is 2. The lowest BCUT2D eigenvalue weighted by molar-refractivity contribution is 0.0976. The van der Waals surface area contributed by atoms with E-state index in [4.69, 9.17) is 35.4 Å². The van der Waals surface area contributed by atoms with E-state index in [0.29, 0.717) is 27.4 Å². The highest BCUT2D eigenvalue weighted by Gasteiger charge is 2.29. The molecule has 30 heavy (non-hydrogen) atoms. The first-order valence-electron chi connectivity index (χ1n) is 8.75. The fourth-order valence-corrected chi connectivity index (χ4v) is 3.89. The highest BCUT2D eigenvalue weighted by molar-refractivity contribution is 7.80. The second-order valence-corrected chi connectivity index (χ2v) is 7.75. The second kappa shape index (κ2) is 7.99. The Balaban J connectivity index is 1.53. The van der Waals surface area contributed by atoms with Gasteiger partial charge in [-0.3, -0.25) is 19.7 Å². The predicted molar refractivity (Wildman–Crippen MR) is 120 cm³/mol. The molecule has 0 aliphatic heterocycles. The molecule has 1 amide bonds. The average molecular weight is 455 g/mol. The molecule has 0 bridgehead atoms. The molecule has 0 saturated carbocycles. The lowest BCUT2D eigenvalue weighted by Gasteiger charge is -2.18. The third-order valence-electron chi connectivity index (χ3n) is 4.59. The van der Waals surface area contributed by atoms with Crippen LogP contribution in [0.3, 0.4) is 0 Å². The minimum absolute atomic E-state index is 0.0148. The highest BCUT2D eigenvalue weighted by Crippen LogP contribution is 2.29. The Hall–Kier alpha value is -3.06. The molecular formula is C22H12Cl2N2O3S. The van der Waals surface area contributed by atoms with Gasteiger partial charge in [0, 0.05) is 33.0 Å². The molecule has 0 fully saturated rings. The standard InChI is InChI=1S/C22H12Cl2N2O3S/c23-11-5-7-16(18(24)9-11)21(29)26-22(30)25-12-6-8-15-17(10-12)20(28)14-4-2-1-3-13(14)19(15)27/h1-10H,(H2,25,26,29,30). The zero-order valence-electron chi connectivity index (χ0n) is 15.2. The molecule has 1 aliphatic rings. The topological polar surface area (TPSA) is 75.3 Å². The molecule has 5 nitrogen and oxygen atoms in total. The first-order chi connectivity index (χ1) is 14.3. The number of thiocarbonyl (C=S) groups is 1. The van der Waals surface area contributed by atoms with E-state index in [0.717, 1.165) is 0 Å². The van der Waals surface area contributed by atoms with Gasteiger partial charge in [-0.15, -0.1) is 0 Å². The summed E-state index contributed by atoms with van der Waals surface area (Å²) in [6.07, 6.45) is 0. The van der Waals surface area contributed by atoms with Crippen molar-refractivity contribution in [3.63, 3.8) is 0 Å². The van der Waals surface area contributed by atoms with Crippen LogP contribution in [0.5, 0.6) is 0 Å². The van der Waals surface area contributed by atoms with E-state index in [1.807, 2.05) is 0 Å². The van der Waals surface area contributed by atoms with E-state index in [1.54, 1.807) is 48.5 Å². The largest absolute Gasteiger partial charge is 0.332 e. The van der Waals surface area contributed by atoms with Gasteiger partial charge in [0.25, 0.3) is 5.91 Å². The lowest BCUT2D eigenvalue weighted by Crippen LogP contribution is -2.34. The number of anilines is 1. The number of halogens is 2. The maximum absolute atomic E-state index is 12.8. The van der Waals surface area contributed by atoms with Crippen LogP contribution in [-0.4, -0.2) is 22.6 Å². The fraction of sp³-hybridized carbons (Fsp3) is 0. The molecule has 148 valence electrons. The number of rotatable bonds is 2. The van der Waals surface area contributed by atoms with Crippen molar-refractivity contribution in [3.8, 4) is 0 Å². The van der Waals surface area contributed by atoms with Crippen LogP contribution in [-0.2, 0) is 0 Å². The molecule has 0 unspecified atom stereocenters. The molecule has 0 heterocycles. The Morgan fingerprint density at radius 2 is 1.43 bits per heavy atom. The number of benzene rings is 3. The van der Waals surface area contributed by atoms with E-state index in [1.165, 1.54) is 12.1 Å². The molecule has 3 aromatic carbocycles. The molecule has 0 spiro atoms. The van der Waals surface area contributed by atoms with Crippen molar-refractivity contribution < 1.29 is 14.4 Å². The van der Waals surface area contributed by atoms with E-state index in [-0.39, 0.29) is 32.8 Å². The highest BCUT2D eigenvalue weighted by atomic mass is 35.5. The van der Waals surface area contributed by atoms with E-state index in [2.05, 4.69) is 10.6 Å². The van der Waals surface area contributed by atoms with Crippen LogP contribution in [0, 0.1) is 0 Å². The molecule has 1 aliphatic carbocycles. The first-order valence-corrected chi connectivity index (χ1v) is 9.91. The number of hydrogen-bond acceptors (Lipinski definition) is 4. The van der Waals surface area contributed by atoms with Crippen LogP contribution < -0.4 is 10.6 Å². The molecule has 3 aromatic rings. The number of carbonyl (C=O) groups excluding carboxylic acids is 3. The summed E-state index contributed by atoms with van der Waals surface area (Å²) in [5.41, 5.74) is 2.03. The minimum atomic E-state index is -0.507. The number of hydrogen-bond donors (Lipinski definition) is 2. The maximum Gasteiger partial charge on any atom is 0.258 e. The van der Waals surface area contributed by atoms with Gasteiger partial charge in [0.1, 0.15) is 0 Å². The quantitative estimate of drug-likeness (QED) is 0.421. The summed E-state index contributed by atoms with van der Waals surface area (Å²) in [5, 5.41) is 5.99. The van der Waals surface area contributed by atoms with Crippen LogP contribution in [0.1, 0.15) is 42.2 Å². The summed E-state index contributed by atoms with van der Waals surface area (Å²) in [7, 11) is 0. The van der Waals surface area contributed by atoms with Crippen molar-refractivity contribution in [1.29, 1.82) is 0 Å². The van der Waals surface area contributed by atoms with Gasteiger partial charge in [0.15, 0.2) is 16.7 Å². The molecule has 8 heteroatoms. The molecular weight excluding hydrogens is 443 g/mol. The normalized spacial score (nSPS) is 12.1. The lowest BCUT2D eigenvalue weighted by atomic mass is 9.84. The summed E-state index contributed by atoms with van der Waals surface area (Å²) in [6, 6.07) is 15.9. The third kappa shape index (κ3) is 3.73. The molecule has 0 aromatic heterocycles. The van der Waals surface area contributed by atoms with Crippen molar-refractivity contribution in [2.24, 2.45) is 0 Å². The van der Waals surface area contributed by atoms with Crippen molar-refractivity contribution in [1.82, 2.24) is 5.32 Å². The zero-order valence-corrected chi connectivity index (χ0v) is 17.5. The minimum Gasteiger partial charge on any atom is -0.332 e. The van der Waals surface area contributed by atoms with Gasteiger partial charge in [-0.05, 0) is 48.6 Å². The van der Waals surface area contributed by atoms with Gasteiger partial charge in [-0.1, -0.05) is 47.5 Å². The van der Waals surface area contributed by atoms with Crippen LogP contribution in [0.4, 0.5) is 5.69 Å². The fourth-order valence-electron chi connectivity index (χ4n) is 3.18. The van der Waals surface area contributed by atoms with Gasteiger partial charge in [0.05, 0.1) is 10.6 Å². The Kier molecular flexibility index (Phi) is 5.39. The number of fused-ring (bicyclic) bond motifs is 2. The summed E-state index contributed by atoms with van der Waals surface area (Å²) in [4.78, 5) is 37.9. The Bertz CT molecular complexity index is 1260. The molecule has 2 N–H and O–H groups in total. The summed E-state index contributed by atoms with van der Waals surface area (Å²) in [5.74, 6) is -0.959. The van der Waals surface area contributed by atoms with Gasteiger partial charge in [-0.25, -0.2) is 0 Å². The van der Waals surface area contributed by atoms with Crippen molar-refractivity contribution in [3.05, 3.63) is 98.5 Å². The van der Waals surface area contributed by atoms with E-state index in [9.17, 15) is 14.4 Å². The van der Waals surface area contributed by atoms with Crippen molar-refractivity contribution in [2.45, 2.75) is 0 Å². The van der Waals surface area contributed by atoms with Crippen LogP contribution >= 0.6 is 35.4 Å². The Morgan fingerprint density at radius 3 is 2.10 bits per heavy atom. The third-order valence-corrected chi connectivity index (χ3v) is 5.34. The SMILES string of the molecule is O=C(NC(=S)Nc1ccc2c(c1)C(=O)c1ccccc1C2=O)c1ccc(Cl)cc1Cl. The monoisotopic (exact) mass is 454 g/mol. The smallest absolute Gasteiger partial charge is 0.258 e. The summed E-state index contributed by atoms with van der Waals surface area (Å²) >= 11 is 17.1. The van der Waals surface area contributed by atoms with E-state index >= 15 is 0 Å². The molecule has 0 saturated heterocycles. The summed E-state index contributed by atoms with van der Waals surface area (Å²) in [6.45, 7) is 0. The number of carbonyl (C=O) groups is 3. The van der Waals surface area contributed by atoms with Gasteiger partial charge in [0.2, 0.25) is 0 Å². The molecule has 4 rings (SSSR count). The first kappa shape index (κ1) is 20.2. The van der Waals surface area contributed by atoms with Crippen molar-refractivity contribution >= 4 is 63.7 Å². The Morgan fingerprint density at radius 1 is 0.800 bits per heavy atom. The van der Waals surface area contributed by atoms with Crippen LogP contribution in [0.25, 0.3) is 0 Å². The zero-order chi connectivity index (χ0) is 21.4. The Labute approximate surface area is 187 Å². The van der Waals surface area contributed by atoms with Gasteiger partial charge >= 0.3 is 0 Å². The van der Waals surface area contributed by atoms with Crippen molar-refractivity contribution in [2.75, 3.05) is 5.32 Å². The van der Waals surface area contributed by atoms with Crippen LogP contribution in [0.2, 0.25) is 10.0 Å². The number of ketones is 2. The predicted octanol–water partition coefficient (Wildman–Crippen LogP) is 4.90. The summed E-state index contributed by atoms with van der Waals surface area (Å²) < 4.78 is 0. The van der Waals surface area contributed by atoms with Gasteiger partial charge in [-0.2, -0.15) is 0 Å². The molecule has 0 radical (unpaired) electrons. The van der Waals surface area contributed by atoms with Crippen LogP contribution in [0.15, 0.2) is 60.7 Å².